The number of aromatic hydroxyl groups is 1. The van der Waals surface area contributed by atoms with E-state index in [1.165, 1.54) is 5.56 Å². The van der Waals surface area contributed by atoms with Crippen LogP contribution in [0.5, 0.6) is 11.5 Å². The Morgan fingerprint density at radius 1 is 1.10 bits per heavy atom. The first-order valence-electron chi connectivity index (χ1n) is 7.90. The third-order valence-corrected chi connectivity index (χ3v) is 4.37. The van der Waals surface area contributed by atoms with Crippen LogP contribution < -0.4 is 4.74 Å². The molecule has 1 aromatic carbocycles. The lowest BCUT2D eigenvalue weighted by Gasteiger charge is -2.38. The van der Waals surface area contributed by atoms with Gasteiger partial charge in [-0.15, -0.1) is 0 Å². The molecule has 0 aromatic heterocycles. The first-order valence-corrected chi connectivity index (χ1v) is 7.90. The number of hydrogen-bond donors (Lipinski definition) is 1. The summed E-state index contributed by atoms with van der Waals surface area (Å²) in [5.41, 5.74) is 4.19. The zero-order chi connectivity index (χ0) is 15.5. The second-order valence-corrected chi connectivity index (χ2v) is 5.83. The van der Waals surface area contributed by atoms with Crippen LogP contribution in [0.4, 0.5) is 0 Å². The molecule has 2 heteroatoms. The van der Waals surface area contributed by atoms with Gasteiger partial charge >= 0.3 is 0 Å². The summed E-state index contributed by atoms with van der Waals surface area (Å²) >= 11 is 0. The smallest absolute Gasteiger partial charge is 0.127 e. The van der Waals surface area contributed by atoms with Crippen molar-refractivity contribution in [1.29, 1.82) is 0 Å². The Kier molecular flexibility index (Phi) is 5.50. The van der Waals surface area contributed by atoms with E-state index in [0.717, 1.165) is 48.1 Å². The molecule has 0 fully saturated rings. The minimum Gasteiger partial charge on any atom is -0.507 e. The average Bonchev–Trinajstić information content (AvgIpc) is 2.45. The van der Waals surface area contributed by atoms with Crippen molar-refractivity contribution in [1.82, 2.24) is 0 Å². The normalized spacial score (nSPS) is 20.6. The van der Waals surface area contributed by atoms with Crippen LogP contribution in [0.3, 0.4) is 0 Å². The molecule has 1 atom stereocenters. The number of benzene rings is 1. The van der Waals surface area contributed by atoms with Crippen LogP contribution in [0.15, 0.2) is 0 Å². The number of phenolic OH excluding ortho intramolecular Hbond substituents is 1. The standard InChI is InChI=1S/C16H24O2.C2H6/c1-6-8-16(5)9-7-13-12(4)14(17)10(2)11(3)15(13)18-16;1-2/h17H,6-9H2,1-5H3;1-2H3/t16-;/m1./s1. The van der Waals surface area contributed by atoms with Gasteiger partial charge in [0.1, 0.15) is 17.1 Å². The van der Waals surface area contributed by atoms with Gasteiger partial charge in [-0.2, -0.15) is 0 Å². The molecule has 0 aliphatic carbocycles. The highest BCUT2D eigenvalue weighted by atomic mass is 16.5. The molecule has 20 heavy (non-hydrogen) atoms. The van der Waals surface area contributed by atoms with Crippen molar-refractivity contribution in [3.8, 4) is 11.5 Å². The van der Waals surface area contributed by atoms with Crippen LogP contribution in [-0.2, 0) is 6.42 Å². The van der Waals surface area contributed by atoms with Crippen LogP contribution >= 0.6 is 0 Å². The van der Waals surface area contributed by atoms with E-state index in [-0.39, 0.29) is 5.60 Å². The van der Waals surface area contributed by atoms with Gasteiger partial charge in [-0.25, -0.2) is 0 Å². The van der Waals surface area contributed by atoms with Crippen molar-refractivity contribution in [3.05, 3.63) is 22.3 Å². The van der Waals surface area contributed by atoms with Crippen LogP contribution in [0.1, 0.15) is 69.2 Å². The highest BCUT2D eigenvalue weighted by Crippen LogP contribution is 2.44. The fourth-order valence-electron chi connectivity index (χ4n) is 3.00. The molecule has 2 rings (SSSR count). The lowest BCUT2D eigenvalue weighted by Crippen LogP contribution is -2.36. The molecule has 1 heterocycles. The molecular formula is C18H30O2. The largest absolute Gasteiger partial charge is 0.507 e. The number of hydrogen-bond acceptors (Lipinski definition) is 2. The Balaban J connectivity index is 0.000000956. The lowest BCUT2D eigenvalue weighted by molar-refractivity contribution is 0.0542. The fraction of sp³-hybridized carbons (Fsp3) is 0.667. The number of rotatable bonds is 2. The molecule has 0 saturated heterocycles. The Bertz CT molecular complexity index is 477. The van der Waals surface area contributed by atoms with E-state index in [0.29, 0.717) is 5.75 Å². The number of ether oxygens (including phenoxy) is 1. The molecule has 1 aromatic rings. The maximum Gasteiger partial charge on any atom is 0.127 e. The van der Waals surface area contributed by atoms with Crippen molar-refractivity contribution in [2.45, 2.75) is 79.8 Å². The average molecular weight is 278 g/mol. The molecule has 2 nitrogen and oxygen atoms in total. The predicted molar refractivity (Wildman–Crippen MR) is 85.9 cm³/mol. The quantitative estimate of drug-likeness (QED) is 0.803. The highest BCUT2D eigenvalue weighted by Gasteiger charge is 2.33. The Labute approximate surface area is 124 Å². The Morgan fingerprint density at radius 2 is 1.70 bits per heavy atom. The van der Waals surface area contributed by atoms with E-state index in [2.05, 4.69) is 13.8 Å². The fourth-order valence-corrected chi connectivity index (χ4v) is 3.00. The Hall–Kier alpha value is -1.18. The summed E-state index contributed by atoms with van der Waals surface area (Å²) in [7, 11) is 0. The van der Waals surface area contributed by atoms with Gasteiger partial charge in [0.05, 0.1) is 0 Å². The van der Waals surface area contributed by atoms with Gasteiger partial charge in [-0.05, 0) is 63.6 Å². The lowest BCUT2D eigenvalue weighted by atomic mass is 9.85. The molecule has 0 amide bonds. The Morgan fingerprint density at radius 3 is 2.25 bits per heavy atom. The van der Waals surface area contributed by atoms with E-state index < -0.39 is 0 Å². The summed E-state index contributed by atoms with van der Waals surface area (Å²) in [6.45, 7) is 14.4. The second kappa shape index (κ2) is 6.51. The molecule has 0 unspecified atom stereocenters. The summed E-state index contributed by atoms with van der Waals surface area (Å²) in [5, 5.41) is 10.1. The van der Waals surface area contributed by atoms with Gasteiger partial charge in [0.2, 0.25) is 0 Å². The van der Waals surface area contributed by atoms with Crippen molar-refractivity contribution in [2.75, 3.05) is 0 Å². The van der Waals surface area contributed by atoms with E-state index in [1.54, 1.807) is 0 Å². The second-order valence-electron chi connectivity index (χ2n) is 5.83. The van der Waals surface area contributed by atoms with Gasteiger partial charge in [-0.1, -0.05) is 27.2 Å². The first-order chi connectivity index (χ1) is 9.39. The molecule has 1 aliphatic heterocycles. The van der Waals surface area contributed by atoms with Crippen molar-refractivity contribution in [2.24, 2.45) is 0 Å². The number of fused-ring (bicyclic) bond motifs is 1. The predicted octanol–water partition coefficient (Wildman–Crippen LogP) is 5.23. The SMILES string of the molecule is CC.CCC[C@]1(C)CCc2c(C)c(O)c(C)c(C)c2O1. The van der Waals surface area contributed by atoms with E-state index in [1.807, 2.05) is 34.6 Å². The van der Waals surface area contributed by atoms with Crippen molar-refractivity contribution < 1.29 is 9.84 Å². The maximum absolute atomic E-state index is 10.1. The first kappa shape index (κ1) is 16.9. The van der Waals surface area contributed by atoms with Gasteiger partial charge in [0.25, 0.3) is 0 Å². The van der Waals surface area contributed by atoms with Gasteiger partial charge < -0.3 is 9.84 Å². The molecule has 0 bridgehead atoms. The van der Waals surface area contributed by atoms with E-state index in [4.69, 9.17) is 4.74 Å². The number of phenols is 1. The monoisotopic (exact) mass is 278 g/mol. The van der Waals surface area contributed by atoms with E-state index in [9.17, 15) is 5.11 Å². The van der Waals surface area contributed by atoms with Crippen LogP contribution in [0, 0.1) is 20.8 Å². The highest BCUT2D eigenvalue weighted by molar-refractivity contribution is 5.58. The molecule has 114 valence electrons. The van der Waals surface area contributed by atoms with Crippen LogP contribution in [0.2, 0.25) is 0 Å². The van der Waals surface area contributed by atoms with Gasteiger partial charge in [0, 0.05) is 5.56 Å². The third-order valence-electron chi connectivity index (χ3n) is 4.37. The summed E-state index contributed by atoms with van der Waals surface area (Å²) in [6, 6.07) is 0. The molecular weight excluding hydrogens is 248 g/mol. The third kappa shape index (κ3) is 2.94. The summed E-state index contributed by atoms with van der Waals surface area (Å²) in [4.78, 5) is 0. The maximum atomic E-state index is 10.1. The molecule has 0 saturated carbocycles. The van der Waals surface area contributed by atoms with Gasteiger partial charge in [-0.3, -0.25) is 0 Å². The van der Waals surface area contributed by atoms with E-state index >= 15 is 0 Å². The molecule has 1 aliphatic rings. The summed E-state index contributed by atoms with van der Waals surface area (Å²) in [5.74, 6) is 1.46. The minimum absolute atomic E-state index is 0.0393. The minimum atomic E-state index is -0.0393. The van der Waals surface area contributed by atoms with Crippen LogP contribution in [-0.4, -0.2) is 10.7 Å². The zero-order valence-electron chi connectivity index (χ0n) is 14.2. The topological polar surface area (TPSA) is 29.5 Å². The zero-order valence-corrected chi connectivity index (χ0v) is 14.2. The molecule has 1 N–H and O–H groups in total. The summed E-state index contributed by atoms with van der Waals surface area (Å²) in [6.07, 6.45) is 4.27. The molecule has 0 spiro atoms. The van der Waals surface area contributed by atoms with Crippen molar-refractivity contribution >= 4 is 0 Å². The van der Waals surface area contributed by atoms with Crippen LogP contribution in [0.25, 0.3) is 0 Å². The van der Waals surface area contributed by atoms with Gasteiger partial charge in [0.15, 0.2) is 0 Å². The summed E-state index contributed by atoms with van der Waals surface area (Å²) < 4.78 is 6.30. The molecule has 0 radical (unpaired) electrons. The van der Waals surface area contributed by atoms with Crippen molar-refractivity contribution in [3.63, 3.8) is 0 Å².